The van der Waals surface area contributed by atoms with Crippen LogP contribution in [0.25, 0.3) is 11.1 Å². The summed E-state index contributed by atoms with van der Waals surface area (Å²) >= 11 is 0. The van der Waals surface area contributed by atoms with Crippen molar-refractivity contribution >= 4 is 0 Å². The standard InChI is InChI=1S/C24H26F2O/c1-3-5-16-27-22-15-14-21(23(25)24(22)26)20-12-10-19(11-13-20)18-8-6-17(4-2)7-9-18/h4,6,8,10-15,17-18H,2-3,5,7,9,16H2,1H3. The Morgan fingerprint density at radius 3 is 2.44 bits per heavy atom. The van der Waals surface area contributed by atoms with Gasteiger partial charge in [0.2, 0.25) is 5.82 Å². The molecule has 0 heterocycles. The Kier molecular flexibility index (Phi) is 6.44. The van der Waals surface area contributed by atoms with E-state index in [-0.39, 0.29) is 11.3 Å². The molecule has 0 fully saturated rings. The van der Waals surface area contributed by atoms with E-state index < -0.39 is 11.6 Å². The topological polar surface area (TPSA) is 9.23 Å². The average Bonchev–Trinajstić information content (AvgIpc) is 2.72. The Hall–Kier alpha value is -2.42. The van der Waals surface area contributed by atoms with E-state index in [1.807, 2.05) is 37.3 Å². The molecule has 142 valence electrons. The highest BCUT2D eigenvalue weighted by Gasteiger charge is 2.18. The fourth-order valence-corrected chi connectivity index (χ4v) is 3.42. The summed E-state index contributed by atoms with van der Waals surface area (Å²) in [5.74, 6) is -0.978. The first-order chi connectivity index (χ1) is 13.1. The minimum absolute atomic E-state index is 0.0227. The lowest BCUT2D eigenvalue weighted by molar-refractivity contribution is 0.289. The smallest absolute Gasteiger partial charge is 0.201 e. The van der Waals surface area contributed by atoms with Crippen molar-refractivity contribution in [1.82, 2.24) is 0 Å². The zero-order valence-corrected chi connectivity index (χ0v) is 15.8. The van der Waals surface area contributed by atoms with E-state index in [2.05, 4.69) is 18.7 Å². The SMILES string of the molecule is C=CC1C=CC(c2ccc(-c3ccc(OCCCC)c(F)c3F)cc2)CC1. The maximum atomic E-state index is 14.5. The predicted octanol–water partition coefficient (Wildman–Crippen LogP) is 7.05. The third kappa shape index (κ3) is 4.47. The molecule has 27 heavy (non-hydrogen) atoms. The summed E-state index contributed by atoms with van der Waals surface area (Å²) in [5.41, 5.74) is 2.12. The Labute approximate surface area is 160 Å². The van der Waals surface area contributed by atoms with Crippen LogP contribution in [0.15, 0.2) is 61.2 Å². The number of allylic oxidation sites excluding steroid dienone is 3. The van der Waals surface area contributed by atoms with E-state index in [0.717, 1.165) is 25.7 Å². The van der Waals surface area contributed by atoms with E-state index in [1.165, 1.54) is 11.6 Å². The summed E-state index contributed by atoms with van der Waals surface area (Å²) < 4.78 is 34.2. The summed E-state index contributed by atoms with van der Waals surface area (Å²) in [4.78, 5) is 0. The van der Waals surface area contributed by atoms with Crippen LogP contribution in [0.2, 0.25) is 0 Å². The van der Waals surface area contributed by atoms with Crippen LogP contribution < -0.4 is 4.74 Å². The van der Waals surface area contributed by atoms with Crippen LogP contribution >= 0.6 is 0 Å². The molecule has 2 aromatic rings. The van der Waals surface area contributed by atoms with Gasteiger partial charge in [-0.3, -0.25) is 0 Å². The largest absolute Gasteiger partial charge is 0.490 e. The van der Waals surface area contributed by atoms with E-state index in [9.17, 15) is 8.78 Å². The molecule has 1 aliphatic carbocycles. The Morgan fingerprint density at radius 1 is 1.04 bits per heavy atom. The minimum Gasteiger partial charge on any atom is -0.490 e. The first-order valence-corrected chi connectivity index (χ1v) is 9.66. The van der Waals surface area contributed by atoms with Crippen molar-refractivity contribution in [3.8, 4) is 16.9 Å². The van der Waals surface area contributed by atoms with Crippen LogP contribution in [0, 0.1) is 17.6 Å². The quantitative estimate of drug-likeness (QED) is 0.376. The van der Waals surface area contributed by atoms with Crippen molar-refractivity contribution in [3.63, 3.8) is 0 Å². The van der Waals surface area contributed by atoms with E-state index >= 15 is 0 Å². The second-order valence-corrected chi connectivity index (χ2v) is 7.03. The number of halogens is 2. The van der Waals surface area contributed by atoms with Gasteiger partial charge in [-0.15, -0.1) is 6.58 Å². The molecule has 0 amide bonds. The Balaban J connectivity index is 1.77. The van der Waals surface area contributed by atoms with Gasteiger partial charge < -0.3 is 4.74 Å². The molecule has 2 atom stereocenters. The molecule has 2 unspecified atom stereocenters. The number of hydrogen-bond acceptors (Lipinski definition) is 1. The molecule has 0 saturated carbocycles. The molecule has 0 spiro atoms. The number of rotatable bonds is 7. The Morgan fingerprint density at radius 2 is 1.81 bits per heavy atom. The predicted molar refractivity (Wildman–Crippen MR) is 107 cm³/mol. The molecule has 0 aliphatic heterocycles. The molecule has 1 aliphatic rings. The van der Waals surface area contributed by atoms with Gasteiger partial charge in [-0.2, -0.15) is 4.39 Å². The second kappa shape index (κ2) is 8.98. The van der Waals surface area contributed by atoms with E-state index in [4.69, 9.17) is 4.74 Å². The summed E-state index contributed by atoms with van der Waals surface area (Å²) in [7, 11) is 0. The average molecular weight is 368 g/mol. The molecule has 3 heteroatoms. The van der Waals surface area contributed by atoms with Gasteiger partial charge in [-0.1, -0.05) is 55.8 Å². The first-order valence-electron chi connectivity index (χ1n) is 9.66. The van der Waals surface area contributed by atoms with Gasteiger partial charge in [0.05, 0.1) is 6.61 Å². The summed E-state index contributed by atoms with van der Waals surface area (Å²) in [5, 5.41) is 0. The number of ether oxygens (including phenoxy) is 1. The van der Waals surface area contributed by atoms with Crippen molar-refractivity contribution in [2.75, 3.05) is 6.61 Å². The van der Waals surface area contributed by atoms with Gasteiger partial charge in [0.1, 0.15) is 0 Å². The normalized spacial score (nSPS) is 19.1. The third-order valence-electron chi connectivity index (χ3n) is 5.16. The number of benzene rings is 2. The van der Waals surface area contributed by atoms with Crippen LogP contribution in [-0.2, 0) is 0 Å². The zero-order chi connectivity index (χ0) is 19.2. The molecule has 3 rings (SSSR count). The first kappa shape index (κ1) is 19.3. The van der Waals surface area contributed by atoms with Crippen LogP contribution in [0.5, 0.6) is 5.75 Å². The Bertz CT molecular complexity index is 808. The number of hydrogen-bond donors (Lipinski definition) is 0. The summed E-state index contributed by atoms with van der Waals surface area (Å²) in [6, 6.07) is 10.8. The molecular formula is C24H26F2O. The van der Waals surface area contributed by atoms with Crippen molar-refractivity contribution in [2.24, 2.45) is 5.92 Å². The lowest BCUT2D eigenvalue weighted by Gasteiger charge is -2.21. The van der Waals surface area contributed by atoms with E-state index in [0.29, 0.717) is 24.0 Å². The van der Waals surface area contributed by atoms with Crippen molar-refractivity contribution in [1.29, 1.82) is 0 Å². The second-order valence-electron chi connectivity index (χ2n) is 7.03. The molecule has 0 saturated heterocycles. The third-order valence-corrected chi connectivity index (χ3v) is 5.16. The van der Waals surface area contributed by atoms with Gasteiger partial charge >= 0.3 is 0 Å². The summed E-state index contributed by atoms with van der Waals surface area (Å²) in [6.45, 7) is 6.26. The van der Waals surface area contributed by atoms with Gasteiger partial charge in [0.15, 0.2) is 11.6 Å². The number of unbranched alkanes of at least 4 members (excludes halogenated alkanes) is 1. The van der Waals surface area contributed by atoms with E-state index in [1.54, 1.807) is 6.07 Å². The highest BCUT2D eigenvalue weighted by molar-refractivity contribution is 5.65. The monoisotopic (exact) mass is 368 g/mol. The molecule has 2 aromatic carbocycles. The zero-order valence-electron chi connectivity index (χ0n) is 15.8. The molecule has 1 nitrogen and oxygen atoms in total. The summed E-state index contributed by atoms with van der Waals surface area (Å²) in [6.07, 6.45) is 10.3. The van der Waals surface area contributed by atoms with Crippen LogP contribution in [0.4, 0.5) is 8.78 Å². The van der Waals surface area contributed by atoms with Crippen molar-refractivity contribution in [2.45, 2.75) is 38.5 Å². The maximum absolute atomic E-state index is 14.5. The van der Waals surface area contributed by atoms with Crippen molar-refractivity contribution < 1.29 is 13.5 Å². The lowest BCUT2D eigenvalue weighted by Crippen LogP contribution is -2.05. The highest BCUT2D eigenvalue weighted by atomic mass is 19.2. The minimum atomic E-state index is -0.918. The molecule has 0 aromatic heterocycles. The fraction of sp³-hybridized carbons (Fsp3) is 0.333. The van der Waals surface area contributed by atoms with Crippen LogP contribution in [0.3, 0.4) is 0 Å². The van der Waals surface area contributed by atoms with Gasteiger partial charge in [-0.25, -0.2) is 4.39 Å². The molecule has 0 radical (unpaired) electrons. The molecule has 0 bridgehead atoms. The van der Waals surface area contributed by atoms with Gasteiger partial charge in [-0.05, 0) is 48.4 Å². The lowest BCUT2D eigenvalue weighted by atomic mass is 9.84. The maximum Gasteiger partial charge on any atom is 0.201 e. The highest BCUT2D eigenvalue weighted by Crippen LogP contribution is 2.34. The van der Waals surface area contributed by atoms with Crippen molar-refractivity contribution in [3.05, 3.63) is 78.4 Å². The van der Waals surface area contributed by atoms with Crippen LogP contribution in [-0.4, -0.2) is 6.61 Å². The van der Waals surface area contributed by atoms with Crippen LogP contribution in [0.1, 0.15) is 44.1 Å². The molecular weight excluding hydrogens is 342 g/mol. The van der Waals surface area contributed by atoms with Gasteiger partial charge in [0, 0.05) is 11.5 Å². The molecule has 0 N–H and O–H groups in total. The van der Waals surface area contributed by atoms with Gasteiger partial charge in [0.25, 0.3) is 0 Å². The fourth-order valence-electron chi connectivity index (χ4n) is 3.42.